The van der Waals surface area contributed by atoms with Crippen molar-refractivity contribution in [1.82, 2.24) is 10.2 Å². The Bertz CT molecular complexity index is 1720. The number of carbonyl (C=O) groups excluding carboxylic acids is 3. The molecule has 0 aromatic heterocycles. The van der Waals surface area contributed by atoms with Gasteiger partial charge in [0, 0.05) is 49.9 Å². The molecule has 0 heterocycles. The quantitative estimate of drug-likeness (QED) is 0.229. The lowest BCUT2D eigenvalue weighted by Gasteiger charge is -2.50. The fourth-order valence-corrected chi connectivity index (χ4v) is 7.04. The van der Waals surface area contributed by atoms with Crippen LogP contribution in [0.3, 0.4) is 0 Å². The number of nitrogens with one attached hydrogen (secondary N) is 1. The topological polar surface area (TPSA) is 186 Å². The van der Waals surface area contributed by atoms with Crippen LogP contribution in [-0.4, -0.2) is 89.0 Å². The number of aliphatic hydroxyl groups excluding tert-OH is 2. The number of phenolic OH excluding ortho intramolecular Hbond substituents is 1. The molecule has 12 nitrogen and oxygen atoms in total. The van der Waals surface area contributed by atoms with E-state index in [1.807, 2.05) is 0 Å². The number of anilines is 1. The Morgan fingerprint density at radius 1 is 1.09 bits per heavy atom. The summed E-state index contributed by atoms with van der Waals surface area (Å²) in [6, 6.07) is 5.83. The van der Waals surface area contributed by atoms with Crippen molar-refractivity contribution in [3.8, 4) is 11.5 Å². The third-order valence-corrected chi connectivity index (χ3v) is 9.06. The Labute approximate surface area is 267 Å². The predicted octanol–water partition coefficient (Wildman–Crippen LogP) is 2.38. The number of rotatable bonds is 8. The van der Waals surface area contributed by atoms with Crippen LogP contribution in [0.25, 0.3) is 0 Å². The summed E-state index contributed by atoms with van der Waals surface area (Å²) in [5.74, 6) is -7.64. The molecule has 7 N–H and O–H groups in total. The molecular formula is C32H35F3N4O8. The lowest BCUT2D eigenvalue weighted by atomic mass is 9.58. The van der Waals surface area contributed by atoms with Gasteiger partial charge in [-0.1, -0.05) is 12.1 Å². The number of primary amides is 1. The van der Waals surface area contributed by atoms with E-state index >= 15 is 0 Å². The highest BCUT2D eigenvalue weighted by molar-refractivity contribution is 6.25. The SMILES string of the molecule is CN(C)c1cc(CNCc2ccc(OC(F)(F)F)cc2)c(O)c2c1C[C@H]1C[C@H]3[C@H](N(C)C)C(O)=C(C(N)=O)C(=O)[C@@]3(O)C(O)=C1C2=O. The average molecular weight is 661 g/mol. The second kappa shape index (κ2) is 11.9. The second-order valence-corrected chi connectivity index (χ2v) is 12.4. The monoisotopic (exact) mass is 660 g/mol. The summed E-state index contributed by atoms with van der Waals surface area (Å²) >= 11 is 0. The zero-order valence-corrected chi connectivity index (χ0v) is 26.0. The molecule has 3 aliphatic carbocycles. The van der Waals surface area contributed by atoms with Gasteiger partial charge in [-0.3, -0.25) is 19.3 Å². The molecule has 0 radical (unpaired) electrons. The number of fused-ring (bicyclic) bond motifs is 3. The first kappa shape index (κ1) is 33.8. The molecule has 1 amide bonds. The molecule has 4 atom stereocenters. The van der Waals surface area contributed by atoms with Crippen molar-refractivity contribution in [3.63, 3.8) is 0 Å². The number of allylic oxidation sites excluding steroid dienone is 1. The number of ether oxygens (including phenoxy) is 1. The smallest absolute Gasteiger partial charge is 0.510 e. The van der Waals surface area contributed by atoms with Gasteiger partial charge in [-0.15, -0.1) is 13.2 Å². The minimum absolute atomic E-state index is 0.0313. The van der Waals surface area contributed by atoms with Crippen molar-refractivity contribution in [2.45, 2.75) is 43.9 Å². The Morgan fingerprint density at radius 3 is 2.28 bits per heavy atom. The molecule has 15 heteroatoms. The van der Waals surface area contributed by atoms with Crippen LogP contribution >= 0.6 is 0 Å². The van der Waals surface area contributed by atoms with E-state index in [0.717, 1.165) is 0 Å². The molecule has 5 rings (SSSR count). The summed E-state index contributed by atoms with van der Waals surface area (Å²) in [5.41, 5.74) is 3.36. The highest BCUT2D eigenvalue weighted by Gasteiger charge is 2.63. The van der Waals surface area contributed by atoms with E-state index in [1.165, 1.54) is 29.2 Å². The summed E-state index contributed by atoms with van der Waals surface area (Å²) in [6.45, 7) is 0.220. The largest absolute Gasteiger partial charge is 0.573 e. The fraction of sp³-hybridized carbons (Fsp3) is 0.406. The van der Waals surface area contributed by atoms with E-state index in [-0.39, 0.29) is 48.6 Å². The average Bonchev–Trinajstić information content (AvgIpc) is 2.95. The molecule has 0 bridgehead atoms. The van der Waals surface area contributed by atoms with Crippen LogP contribution in [-0.2, 0) is 29.1 Å². The van der Waals surface area contributed by atoms with Crippen molar-refractivity contribution < 1.29 is 52.7 Å². The van der Waals surface area contributed by atoms with E-state index < -0.39 is 64.4 Å². The number of aromatic hydroxyl groups is 1. The lowest BCUT2D eigenvalue weighted by molar-refractivity contribution is -0.274. The van der Waals surface area contributed by atoms with E-state index in [2.05, 4.69) is 10.1 Å². The van der Waals surface area contributed by atoms with E-state index in [4.69, 9.17) is 5.73 Å². The van der Waals surface area contributed by atoms with Gasteiger partial charge < -0.3 is 41.1 Å². The Balaban J connectivity index is 1.51. The van der Waals surface area contributed by atoms with Gasteiger partial charge in [-0.05, 0) is 62.2 Å². The number of halogens is 3. The van der Waals surface area contributed by atoms with Crippen molar-refractivity contribution in [3.05, 3.63) is 75.3 Å². The number of ketones is 2. The maximum absolute atomic E-state index is 14.2. The molecule has 0 spiro atoms. The van der Waals surface area contributed by atoms with Crippen LogP contribution in [0.4, 0.5) is 18.9 Å². The summed E-state index contributed by atoms with van der Waals surface area (Å²) in [4.78, 5) is 43.1. The van der Waals surface area contributed by atoms with Crippen molar-refractivity contribution in [1.29, 1.82) is 0 Å². The third kappa shape index (κ3) is 5.68. The molecule has 0 saturated heterocycles. The number of nitrogens with zero attached hydrogens (tertiary/aromatic N) is 2. The lowest BCUT2D eigenvalue weighted by Crippen LogP contribution is -2.63. The van der Waals surface area contributed by atoms with Crippen molar-refractivity contribution in [2.75, 3.05) is 33.1 Å². The maximum Gasteiger partial charge on any atom is 0.573 e. The van der Waals surface area contributed by atoms with Gasteiger partial charge in [-0.25, -0.2) is 0 Å². The second-order valence-electron chi connectivity index (χ2n) is 12.4. The van der Waals surface area contributed by atoms with Gasteiger partial charge in [0.2, 0.25) is 5.78 Å². The Kier molecular flexibility index (Phi) is 8.54. The Morgan fingerprint density at radius 2 is 1.72 bits per heavy atom. The van der Waals surface area contributed by atoms with Crippen LogP contribution in [0.1, 0.15) is 33.5 Å². The van der Waals surface area contributed by atoms with Crippen LogP contribution in [0.15, 0.2) is 53.0 Å². The first-order valence-electron chi connectivity index (χ1n) is 14.6. The zero-order valence-electron chi connectivity index (χ0n) is 26.0. The normalized spacial score (nSPS) is 24.2. The number of benzene rings is 2. The molecule has 0 fully saturated rings. The van der Waals surface area contributed by atoms with Crippen LogP contribution < -0.4 is 20.7 Å². The first-order chi connectivity index (χ1) is 21.9. The molecule has 3 aliphatic rings. The molecule has 47 heavy (non-hydrogen) atoms. The fourth-order valence-electron chi connectivity index (χ4n) is 7.04. The summed E-state index contributed by atoms with van der Waals surface area (Å²) < 4.78 is 41.3. The van der Waals surface area contributed by atoms with E-state index in [9.17, 15) is 48.0 Å². The Hall–Kier alpha value is -4.60. The molecular weight excluding hydrogens is 625 g/mol. The molecule has 0 aliphatic heterocycles. The molecule has 2 aromatic carbocycles. The van der Waals surface area contributed by atoms with Crippen LogP contribution in [0, 0.1) is 11.8 Å². The zero-order chi connectivity index (χ0) is 34.7. The minimum Gasteiger partial charge on any atom is -0.510 e. The van der Waals surface area contributed by atoms with Crippen LogP contribution in [0.2, 0.25) is 0 Å². The highest BCUT2D eigenvalue weighted by Crippen LogP contribution is 2.53. The first-order valence-corrected chi connectivity index (χ1v) is 14.6. The van der Waals surface area contributed by atoms with Gasteiger partial charge >= 0.3 is 6.36 Å². The molecule has 0 unspecified atom stereocenters. The molecule has 2 aromatic rings. The number of phenols is 1. The minimum atomic E-state index is -4.82. The number of aliphatic hydroxyl groups is 3. The summed E-state index contributed by atoms with van der Waals surface area (Å²) in [6.07, 6.45) is -4.71. The molecule has 252 valence electrons. The predicted molar refractivity (Wildman–Crippen MR) is 162 cm³/mol. The number of amides is 1. The number of nitrogens with two attached hydrogens (primary N) is 1. The third-order valence-electron chi connectivity index (χ3n) is 9.06. The van der Waals surface area contributed by atoms with E-state index in [1.54, 1.807) is 39.2 Å². The summed E-state index contributed by atoms with van der Waals surface area (Å²) in [7, 11) is 6.61. The van der Waals surface area contributed by atoms with Crippen molar-refractivity contribution in [2.24, 2.45) is 17.6 Å². The number of alkyl halides is 3. The number of likely N-dealkylation sites (N-methyl/N-ethyl adjacent to an activating group) is 1. The van der Waals surface area contributed by atoms with Gasteiger partial charge in [0.05, 0.1) is 11.6 Å². The number of hydrogen-bond acceptors (Lipinski definition) is 11. The standard InChI is InChI=1S/C32H35F3N4O8/c1-38(2)20-11-16(13-37-12-14-5-7-17(8-6-14)47-32(33,34)35)25(40)22-18(20)9-15-10-19-24(39(3)4)27(42)23(30(36)45)29(44)31(19,46)28(43)21(15)26(22)41/h5-8,11,15,19,24,37,40,42-43,46H,9-10,12-13H2,1-4H3,(H2,36,45)/t15-,19-,24-,31-/m0/s1. The van der Waals surface area contributed by atoms with Gasteiger partial charge in [0.15, 0.2) is 11.4 Å². The highest BCUT2D eigenvalue weighted by atomic mass is 19.4. The summed E-state index contributed by atoms with van der Waals surface area (Å²) in [5, 5.41) is 48.8. The number of hydrogen-bond donors (Lipinski definition) is 6. The number of carbonyl (C=O) groups is 3. The van der Waals surface area contributed by atoms with Gasteiger partial charge in [0.1, 0.15) is 28.6 Å². The van der Waals surface area contributed by atoms with Gasteiger partial charge in [0.25, 0.3) is 5.91 Å². The maximum atomic E-state index is 14.2. The van der Waals surface area contributed by atoms with E-state index in [0.29, 0.717) is 22.4 Å². The molecule has 0 saturated carbocycles. The van der Waals surface area contributed by atoms with Crippen molar-refractivity contribution >= 4 is 23.2 Å². The number of Topliss-reactive ketones (excluding diaryl/α,β-unsaturated/α-hetero) is 2. The van der Waals surface area contributed by atoms with Gasteiger partial charge in [-0.2, -0.15) is 0 Å². The van der Waals surface area contributed by atoms with Crippen LogP contribution in [0.5, 0.6) is 11.5 Å².